The molecule has 2 aromatic rings. The van der Waals surface area contributed by atoms with Crippen molar-refractivity contribution in [2.75, 3.05) is 19.6 Å². The minimum absolute atomic E-state index is 0.225. The minimum Gasteiger partial charge on any atom is -0.459 e. The molecule has 2 heterocycles. The van der Waals surface area contributed by atoms with Crippen LogP contribution >= 0.6 is 11.3 Å². The fourth-order valence-electron chi connectivity index (χ4n) is 1.81. The molecule has 7 nitrogen and oxygen atoms in total. The van der Waals surface area contributed by atoms with Crippen LogP contribution in [-0.4, -0.2) is 36.5 Å². The van der Waals surface area contributed by atoms with Crippen LogP contribution in [-0.2, 0) is 6.54 Å². The van der Waals surface area contributed by atoms with E-state index in [1.165, 1.54) is 11.1 Å². The molecule has 1 amide bonds. The van der Waals surface area contributed by atoms with Crippen molar-refractivity contribution in [1.82, 2.24) is 20.9 Å². The van der Waals surface area contributed by atoms with Crippen molar-refractivity contribution < 1.29 is 9.21 Å². The van der Waals surface area contributed by atoms with Crippen molar-refractivity contribution in [1.29, 1.82) is 0 Å². The molecule has 0 aliphatic heterocycles. The highest BCUT2D eigenvalue weighted by Gasteiger charge is 2.07. The van der Waals surface area contributed by atoms with Crippen LogP contribution < -0.4 is 16.0 Å². The van der Waals surface area contributed by atoms with Crippen molar-refractivity contribution in [3.05, 3.63) is 40.2 Å². The highest BCUT2D eigenvalue weighted by molar-refractivity contribution is 7.11. The lowest BCUT2D eigenvalue weighted by Crippen LogP contribution is -2.41. The maximum absolute atomic E-state index is 11.7. The largest absolute Gasteiger partial charge is 0.459 e. The Morgan fingerprint density at radius 1 is 1.35 bits per heavy atom. The number of rotatable bonds is 7. The summed E-state index contributed by atoms with van der Waals surface area (Å²) in [5.74, 6) is 0.786. The van der Waals surface area contributed by atoms with Crippen molar-refractivity contribution >= 4 is 23.2 Å². The van der Waals surface area contributed by atoms with Gasteiger partial charge in [-0.1, -0.05) is 0 Å². The second kappa shape index (κ2) is 8.94. The summed E-state index contributed by atoms with van der Waals surface area (Å²) in [5.41, 5.74) is 0. The summed E-state index contributed by atoms with van der Waals surface area (Å²) in [6.07, 6.45) is 3.32. The van der Waals surface area contributed by atoms with Crippen LogP contribution in [0.25, 0.3) is 0 Å². The van der Waals surface area contributed by atoms with Gasteiger partial charge in [0.05, 0.1) is 12.8 Å². The standard InChI is InChI=1S/C15H21N5O2S/c1-3-16-15(20-10-13-19-9-11(2)23-13)18-7-6-17-14(21)12-5-4-8-22-12/h4-5,8-9H,3,6-7,10H2,1-2H3,(H,17,21)(H2,16,18,20). The molecule has 0 saturated heterocycles. The van der Waals surface area contributed by atoms with Crippen LogP contribution in [0.15, 0.2) is 34.0 Å². The summed E-state index contributed by atoms with van der Waals surface area (Å²) in [5, 5.41) is 10.1. The molecule has 2 rings (SSSR count). The van der Waals surface area contributed by atoms with Gasteiger partial charge in [0.25, 0.3) is 5.91 Å². The van der Waals surface area contributed by atoms with E-state index in [1.807, 2.05) is 20.0 Å². The van der Waals surface area contributed by atoms with E-state index in [9.17, 15) is 4.79 Å². The van der Waals surface area contributed by atoms with Crippen LogP contribution in [0.1, 0.15) is 27.4 Å². The second-order valence-corrected chi connectivity index (χ2v) is 6.04. The van der Waals surface area contributed by atoms with Gasteiger partial charge in [0.1, 0.15) is 5.01 Å². The van der Waals surface area contributed by atoms with Crippen molar-refractivity contribution in [3.63, 3.8) is 0 Å². The molecule has 0 saturated carbocycles. The minimum atomic E-state index is -0.225. The number of carbonyl (C=O) groups excluding carboxylic acids is 1. The average Bonchev–Trinajstić information content (AvgIpc) is 3.20. The topological polar surface area (TPSA) is 91.5 Å². The smallest absolute Gasteiger partial charge is 0.287 e. The summed E-state index contributed by atoms with van der Waals surface area (Å²) in [4.78, 5) is 21.6. The molecule has 0 fully saturated rings. The molecule has 0 radical (unpaired) electrons. The van der Waals surface area contributed by atoms with Gasteiger partial charge in [0.2, 0.25) is 0 Å². The number of guanidine groups is 1. The highest BCUT2D eigenvalue weighted by atomic mass is 32.1. The Bertz CT molecular complexity index is 636. The van der Waals surface area contributed by atoms with Crippen LogP contribution in [0, 0.1) is 6.92 Å². The van der Waals surface area contributed by atoms with Crippen LogP contribution in [0.2, 0.25) is 0 Å². The average molecular weight is 335 g/mol. The second-order valence-electron chi connectivity index (χ2n) is 4.72. The molecule has 0 bridgehead atoms. The molecular formula is C15H21N5O2S. The maximum atomic E-state index is 11.7. The molecule has 0 aromatic carbocycles. The zero-order chi connectivity index (χ0) is 16.5. The zero-order valence-electron chi connectivity index (χ0n) is 13.3. The predicted octanol–water partition coefficient (Wildman–Crippen LogP) is 1.53. The SMILES string of the molecule is CCNC(=NCc1ncc(C)s1)NCCNC(=O)c1ccco1. The van der Waals surface area contributed by atoms with Gasteiger partial charge in [0.15, 0.2) is 11.7 Å². The number of carbonyl (C=O) groups is 1. The molecule has 2 aromatic heterocycles. The first kappa shape index (κ1) is 17.0. The lowest BCUT2D eigenvalue weighted by molar-refractivity contribution is 0.0926. The first-order valence-corrected chi connectivity index (χ1v) is 8.26. The Balaban J connectivity index is 1.74. The Kier molecular flexibility index (Phi) is 6.61. The molecule has 3 N–H and O–H groups in total. The lowest BCUT2D eigenvalue weighted by Gasteiger charge is -2.11. The predicted molar refractivity (Wildman–Crippen MR) is 90.7 cm³/mol. The van der Waals surface area contributed by atoms with E-state index in [1.54, 1.807) is 23.5 Å². The number of thiazole rings is 1. The highest BCUT2D eigenvalue weighted by Crippen LogP contribution is 2.11. The third kappa shape index (κ3) is 5.74. The lowest BCUT2D eigenvalue weighted by atomic mass is 10.4. The van der Waals surface area contributed by atoms with Crippen molar-refractivity contribution in [3.8, 4) is 0 Å². The number of hydrogen-bond donors (Lipinski definition) is 3. The third-order valence-electron chi connectivity index (χ3n) is 2.83. The number of aliphatic imine (C=N–C) groups is 1. The number of nitrogens with zero attached hydrogens (tertiary/aromatic N) is 2. The van der Waals surface area contributed by atoms with Gasteiger partial charge in [-0.2, -0.15) is 0 Å². The Hall–Kier alpha value is -2.35. The Morgan fingerprint density at radius 3 is 2.83 bits per heavy atom. The Morgan fingerprint density at radius 2 is 2.17 bits per heavy atom. The normalized spacial score (nSPS) is 11.3. The number of furan rings is 1. The van der Waals surface area contributed by atoms with E-state index in [4.69, 9.17) is 4.42 Å². The first-order valence-electron chi connectivity index (χ1n) is 7.44. The molecule has 0 spiro atoms. The molecular weight excluding hydrogens is 314 g/mol. The van der Waals surface area contributed by atoms with E-state index in [0.717, 1.165) is 11.6 Å². The van der Waals surface area contributed by atoms with Gasteiger partial charge >= 0.3 is 0 Å². The molecule has 8 heteroatoms. The van der Waals surface area contributed by atoms with E-state index >= 15 is 0 Å². The van der Waals surface area contributed by atoms with Gasteiger partial charge in [0, 0.05) is 30.7 Å². The van der Waals surface area contributed by atoms with E-state index in [0.29, 0.717) is 31.4 Å². The van der Waals surface area contributed by atoms with Crippen molar-refractivity contribution in [2.45, 2.75) is 20.4 Å². The monoisotopic (exact) mass is 335 g/mol. The molecule has 0 atom stereocenters. The number of nitrogens with one attached hydrogen (secondary N) is 3. The van der Waals surface area contributed by atoms with Gasteiger partial charge in [-0.05, 0) is 26.0 Å². The Labute approximate surface area is 139 Å². The number of hydrogen-bond acceptors (Lipinski definition) is 5. The zero-order valence-corrected chi connectivity index (χ0v) is 14.1. The third-order valence-corrected chi connectivity index (χ3v) is 3.73. The molecule has 0 aliphatic carbocycles. The van der Waals surface area contributed by atoms with Crippen LogP contribution in [0.5, 0.6) is 0 Å². The van der Waals surface area contributed by atoms with Crippen LogP contribution in [0.3, 0.4) is 0 Å². The van der Waals surface area contributed by atoms with Gasteiger partial charge < -0.3 is 20.4 Å². The van der Waals surface area contributed by atoms with Gasteiger partial charge in [-0.3, -0.25) is 4.79 Å². The maximum Gasteiger partial charge on any atom is 0.287 e. The van der Waals surface area contributed by atoms with Crippen LogP contribution in [0.4, 0.5) is 0 Å². The van der Waals surface area contributed by atoms with Crippen molar-refractivity contribution in [2.24, 2.45) is 4.99 Å². The fourth-order valence-corrected chi connectivity index (χ4v) is 2.53. The van der Waals surface area contributed by atoms with Gasteiger partial charge in [-0.15, -0.1) is 11.3 Å². The fraction of sp³-hybridized carbons (Fsp3) is 0.400. The van der Waals surface area contributed by atoms with E-state index < -0.39 is 0 Å². The number of amides is 1. The summed E-state index contributed by atoms with van der Waals surface area (Å²) in [6.45, 7) is 6.36. The van der Waals surface area contributed by atoms with Gasteiger partial charge in [-0.25, -0.2) is 9.98 Å². The van der Waals surface area contributed by atoms with E-state index in [2.05, 4.69) is 25.9 Å². The van der Waals surface area contributed by atoms with E-state index in [-0.39, 0.29) is 5.91 Å². The summed E-state index contributed by atoms with van der Waals surface area (Å²) in [6, 6.07) is 3.31. The molecule has 23 heavy (non-hydrogen) atoms. The molecule has 0 aliphatic rings. The quantitative estimate of drug-likeness (QED) is 0.405. The summed E-state index contributed by atoms with van der Waals surface area (Å²) < 4.78 is 5.03. The molecule has 0 unspecified atom stereocenters. The first-order chi connectivity index (χ1) is 11.2. The summed E-state index contributed by atoms with van der Waals surface area (Å²) >= 11 is 1.64. The number of aryl methyl sites for hydroxylation is 1. The summed E-state index contributed by atoms with van der Waals surface area (Å²) in [7, 11) is 0. The number of aromatic nitrogens is 1. The molecule has 124 valence electrons.